The molecule has 2 nitrogen and oxygen atoms in total. The Labute approximate surface area is 128 Å². The Morgan fingerprint density at radius 1 is 0.905 bits per heavy atom. The van der Waals surface area contributed by atoms with Gasteiger partial charge in [-0.05, 0) is 30.3 Å². The van der Waals surface area contributed by atoms with Gasteiger partial charge < -0.3 is 0 Å². The van der Waals surface area contributed by atoms with Crippen LogP contribution in [0.3, 0.4) is 0 Å². The van der Waals surface area contributed by atoms with E-state index in [0.717, 1.165) is 11.3 Å². The second-order valence-electron chi connectivity index (χ2n) is 4.60. The first kappa shape index (κ1) is 13.5. The van der Waals surface area contributed by atoms with Crippen molar-refractivity contribution in [3.05, 3.63) is 89.1 Å². The van der Waals surface area contributed by atoms with Crippen LogP contribution in [0, 0.1) is 0 Å². The van der Waals surface area contributed by atoms with Gasteiger partial charge in [-0.1, -0.05) is 48.0 Å². The molecule has 0 unspecified atom stereocenters. The van der Waals surface area contributed by atoms with E-state index in [9.17, 15) is 4.79 Å². The summed E-state index contributed by atoms with van der Waals surface area (Å²) in [6.07, 6.45) is 1.70. The maximum atomic E-state index is 12.7. The number of aromatic nitrogens is 1. The third-order valence-electron chi connectivity index (χ3n) is 3.20. The van der Waals surface area contributed by atoms with Gasteiger partial charge in [0.1, 0.15) is 0 Å². The summed E-state index contributed by atoms with van der Waals surface area (Å²) in [6, 6.07) is 20.1. The molecule has 3 aromatic rings. The largest absolute Gasteiger partial charge is 0.289 e. The molecule has 3 rings (SSSR count). The molecular formula is C18H12ClNO. The Morgan fingerprint density at radius 2 is 1.67 bits per heavy atom. The molecule has 102 valence electrons. The maximum absolute atomic E-state index is 12.7. The number of carbonyl (C=O) groups excluding carboxylic acids is 1. The topological polar surface area (TPSA) is 30.0 Å². The van der Waals surface area contributed by atoms with Crippen LogP contribution in [-0.2, 0) is 0 Å². The second kappa shape index (κ2) is 5.90. The molecule has 1 aromatic heterocycles. The summed E-state index contributed by atoms with van der Waals surface area (Å²) in [5, 5.41) is 0.584. The number of hydrogen-bond donors (Lipinski definition) is 0. The zero-order valence-electron chi connectivity index (χ0n) is 11.2. The lowest BCUT2D eigenvalue weighted by molar-refractivity contribution is 0.103. The van der Waals surface area contributed by atoms with Gasteiger partial charge in [-0.2, -0.15) is 0 Å². The Balaban J connectivity index is 2.14. The first-order valence-corrected chi connectivity index (χ1v) is 6.94. The van der Waals surface area contributed by atoms with Gasteiger partial charge in [0.15, 0.2) is 5.78 Å². The third-order valence-corrected chi connectivity index (χ3v) is 3.44. The summed E-state index contributed by atoms with van der Waals surface area (Å²) in [5.74, 6) is -0.0343. The third kappa shape index (κ3) is 2.86. The van der Waals surface area contributed by atoms with Gasteiger partial charge in [-0.15, -0.1) is 0 Å². The van der Waals surface area contributed by atoms with Crippen LogP contribution in [0.5, 0.6) is 0 Å². The van der Waals surface area contributed by atoms with Crippen LogP contribution in [0.15, 0.2) is 72.9 Å². The van der Waals surface area contributed by atoms with Gasteiger partial charge >= 0.3 is 0 Å². The molecule has 0 atom stereocenters. The SMILES string of the molecule is O=C(c1ccccc1)c1ccc(Cl)cc1-c1ccccn1. The van der Waals surface area contributed by atoms with E-state index in [1.54, 1.807) is 36.5 Å². The van der Waals surface area contributed by atoms with E-state index in [4.69, 9.17) is 11.6 Å². The molecule has 0 bridgehead atoms. The van der Waals surface area contributed by atoms with E-state index in [1.807, 2.05) is 36.4 Å². The second-order valence-corrected chi connectivity index (χ2v) is 5.04. The van der Waals surface area contributed by atoms with E-state index in [1.165, 1.54) is 0 Å². The number of nitrogens with zero attached hydrogens (tertiary/aromatic N) is 1. The number of rotatable bonds is 3. The molecule has 0 spiro atoms. The first-order chi connectivity index (χ1) is 10.3. The summed E-state index contributed by atoms with van der Waals surface area (Å²) in [6.45, 7) is 0. The van der Waals surface area contributed by atoms with E-state index in [-0.39, 0.29) is 5.78 Å². The first-order valence-electron chi connectivity index (χ1n) is 6.56. The normalized spacial score (nSPS) is 10.3. The Bertz CT molecular complexity index is 770. The predicted molar refractivity (Wildman–Crippen MR) is 84.6 cm³/mol. The zero-order valence-corrected chi connectivity index (χ0v) is 11.9. The summed E-state index contributed by atoms with van der Waals surface area (Å²) >= 11 is 6.08. The summed E-state index contributed by atoms with van der Waals surface area (Å²) in [7, 11) is 0. The van der Waals surface area contributed by atoms with Crippen molar-refractivity contribution in [2.45, 2.75) is 0 Å². The number of hydrogen-bond acceptors (Lipinski definition) is 2. The summed E-state index contributed by atoms with van der Waals surface area (Å²) in [5.41, 5.74) is 2.73. The molecule has 0 aliphatic carbocycles. The monoisotopic (exact) mass is 293 g/mol. The molecule has 0 fully saturated rings. The van der Waals surface area contributed by atoms with Gasteiger partial charge in [-0.25, -0.2) is 0 Å². The minimum atomic E-state index is -0.0343. The van der Waals surface area contributed by atoms with Gasteiger partial charge in [0.25, 0.3) is 0 Å². The molecular weight excluding hydrogens is 282 g/mol. The average Bonchev–Trinajstić information content (AvgIpc) is 2.56. The number of carbonyl (C=O) groups is 1. The smallest absolute Gasteiger partial charge is 0.193 e. The lowest BCUT2D eigenvalue weighted by Crippen LogP contribution is -2.03. The molecule has 3 heteroatoms. The van der Waals surface area contributed by atoms with E-state index in [2.05, 4.69) is 4.98 Å². The minimum absolute atomic E-state index is 0.0343. The van der Waals surface area contributed by atoms with E-state index < -0.39 is 0 Å². The van der Waals surface area contributed by atoms with Crippen molar-refractivity contribution in [3.8, 4) is 11.3 Å². The van der Waals surface area contributed by atoms with Crippen molar-refractivity contribution in [3.63, 3.8) is 0 Å². The van der Waals surface area contributed by atoms with Crippen LogP contribution in [0.25, 0.3) is 11.3 Å². The molecule has 0 saturated carbocycles. The van der Waals surface area contributed by atoms with Crippen molar-refractivity contribution in [2.24, 2.45) is 0 Å². The molecule has 21 heavy (non-hydrogen) atoms. The van der Waals surface area contributed by atoms with Crippen molar-refractivity contribution < 1.29 is 4.79 Å². The van der Waals surface area contributed by atoms with Crippen LogP contribution >= 0.6 is 11.6 Å². The maximum Gasteiger partial charge on any atom is 0.193 e. The van der Waals surface area contributed by atoms with Crippen LogP contribution in [-0.4, -0.2) is 10.8 Å². The highest BCUT2D eigenvalue weighted by Crippen LogP contribution is 2.27. The lowest BCUT2D eigenvalue weighted by Gasteiger charge is -2.09. The van der Waals surface area contributed by atoms with E-state index in [0.29, 0.717) is 16.1 Å². The number of ketones is 1. The average molecular weight is 294 g/mol. The molecule has 0 aliphatic heterocycles. The highest BCUT2D eigenvalue weighted by molar-refractivity contribution is 6.31. The number of benzene rings is 2. The lowest BCUT2D eigenvalue weighted by atomic mass is 9.96. The number of halogens is 1. The fourth-order valence-corrected chi connectivity index (χ4v) is 2.37. The molecule has 2 aromatic carbocycles. The zero-order chi connectivity index (χ0) is 14.7. The number of pyridine rings is 1. The Kier molecular flexibility index (Phi) is 3.80. The minimum Gasteiger partial charge on any atom is -0.289 e. The summed E-state index contributed by atoms with van der Waals surface area (Å²) in [4.78, 5) is 17.0. The summed E-state index contributed by atoms with van der Waals surface area (Å²) < 4.78 is 0. The molecule has 0 N–H and O–H groups in total. The van der Waals surface area contributed by atoms with Crippen molar-refractivity contribution >= 4 is 17.4 Å². The fourth-order valence-electron chi connectivity index (χ4n) is 2.19. The fraction of sp³-hybridized carbons (Fsp3) is 0. The van der Waals surface area contributed by atoms with Crippen molar-refractivity contribution in [1.29, 1.82) is 0 Å². The van der Waals surface area contributed by atoms with Gasteiger partial charge in [0.05, 0.1) is 5.69 Å². The Morgan fingerprint density at radius 3 is 2.38 bits per heavy atom. The van der Waals surface area contributed by atoms with Crippen LogP contribution in [0.2, 0.25) is 5.02 Å². The molecule has 0 aliphatic rings. The van der Waals surface area contributed by atoms with E-state index >= 15 is 0 Å². The molecule has 0 amide bonds. The molecule has 0 saturated heterocycles. The van der Waals surface area contributed by atoms with Crippen LogP contribution in [0.4, 0.5) is 0 Å². The quantitative estimate of drug-likeness (QED) is 0.659. The molecule has 0 radical (unpaired) electrons. The van der Waals surface area contributed by atoms with Gasteiger partial charge in [0.2, 0.25) is 0 Å². The predicted octanol–water partition coefficient (Wildman–Crippen LogP) is 4.63. The van der Waals surface area contributed by atoms with Gasteiger partial charge in [0, 0.05) is 27.9 Å². The van der Waals surface area contributed by atoms with Crippen molar-refractivity contribution in [1.82, 2.24) is 4.98 Å². The highest BCUT2D eigenvalue weighted by Gasteiger charge is 2.15. The highest BCUT2D eigenvalue weighted by atomic mass is 35.5. The molecule has 1 heterocycles. The Hall–Kier alpha value is -2.45. The van der Waals surface area contributed by atoms with Gasteiger partial charge in [-0.3, -0.25) is 9.78 Å². The van der Waals surface area contributed by atoms with Crippen LogP contribution in [0.1, 0.15) is 15.9 Å². The van der Waals surface area contributed by atoms with Crippen molar-refractivity contribution in [2.75, 3.05) is 0 Å². The standard InChI is InChI=1S/C18H12ClNO/c19-14-9-10-15(18(21)13-6-2-1-3-7-13)16(12-14)17-8-4-5-11-20-17/h1-12H. The van der Waals surface area contributed by atoms with Crippen LogP contribution < -0.4 is 0 Å².